The van der Waals surface area contributed by atoms with Gasteiger partial charge in [-0.2, -0.15) is 0 Å². The third-order valence-corrected chi connectivity index (χ3v) is 5.36. The number of non-ortho nitro benzene ring substituents is 1. The molecular formula is C22H26N4O4. The van der Waals surface area contributed by atoms with Crippen LogP contribution in [0.4, 0.5) is 5.69 Å². The van der Waals surface area contributed by atoms with Crippen molar-refractivity contribution >= 4 is 11.6 Å². The van der Waals surface area contributed by atoms with Crippen LogP contribution in [0.15, 0.2) is 53.5 Å². The molecule has 0 aromatic heterocycles. The maximum Gasteiger partial charge on any atom is 0.269 e. The third kappa shape index (κ3) is 5.07. The summed E-state index contributed by atoms with van der Waals surface area (Å²) in [5, 5.41) is 17.8. The van der Waals surface area contributed by atoms with Crippen molar-refractivity contribution in [3.63, 3.8) is 0 Å². The lowest BCUT2D eigenvalue weighted by atomic mass is 10.0. The molecule has 0 saturated carbocycles. The molecule has 0 spiro atoms. The zero-order valence-electron chi connectivity index (χ0n) is 16.8. The van der Waals surface area contributed by atoms with E-state index in [4.69, 9.17) is 14.5 Å². The van der Waals surface area contributed by atoms with Crippen LogP contribution in [0.2, 0.25) is 0 Å². The monoisotopic (exact) mass is 410 g/mol. The van der Waals surface area contributed by atoms with Crippen LogP contribution in [-0.4, -0.2) is 36.7 Å². The molecule has 0 bridgehead atoms. The molecule has 2 aromatic carbocycles. The van der Waals surface area contributed by atoms with Crippen molar-refractivity contribution in [1.29, 1.82) is 0 Å². The smallest absolute Gasteiger partial charge is 0.269 e. The van der Waals surface area contributed by atoms with E-state index in [2.05, 4.69) is 16.7 Å². The number of nitrogens with zero attached hydrogens (tertiary/aromatic N) is 2. The van der Waals surface area contributed by atoms with Crippen molar-refractivity contribution in [3.05, 3.63) is 69.8 Å². The first-order valence-electron chi connectivity index (χ1n) is 10.3. The number of guanidine groups is 1. The van der Waals surface area contributed by atoms with Crippen LogP contribution >= 0.6 is 0 Å². The molecule has 158 valence electrons. The minimum absolute atomic E-state index is 0.0800. The molecule has 2 aromatic rings. The number of hydrogen-bond acceptors (Lipinski definition) is 5. The second kappa shape index (κ2) is 9.58. The number of fused-ring (bicyclic) bond motifs is 1. The van der Waals surface area contributed by atoms with E-state index in [1.54, 1.807) is 12.1 Å². The first-order valence-corrected chi connectivity index (χ1v) is 10.3. The largest absolute Gasteiger partial charge is 0.493 e. The number of aliphatic imine (C=N–C) groups is 1. The fourth-order valence-electron chi connectivity index (χ4n) is 3.72. The van der Waals surface area contributed by atoms with Crippen LogP contribution in [0.3, 0.4) is 0 Å². The molecule has 1 saturated heterocycles. The van der Waals surface area contributed by atoms with Crippen molar-refractivity contribution in [2.75, 3.05) is 19.8 Å². The van der Waals surface area contributed by atoms with Crippen molar-refractivity contribution in [2.45, 2.75) is 38.0 Å². The lowest BCUT2D eigenvalue weighted by Gasteiger charge is -2.28. The van der Waals surface area contributed by atoms with E-state index in [9.17, 15) is 10.1 Å². The van der Waals surface area contributed by atoms with Gasteiger partial charge in [-0.15, -0.1) is 0 Å². The standard InChI is InChI=1S/C22H26N4O4/c27-26(28)17-9-7-16(8-10-17)14-23-22(24-15-18-4-3-12-29-18)25-20-11-13-30-21-6-2-1-5-19(20)21/h1-2,5-10,18,20H,3-4,11-15H2,(H2,23,24,25). The van der Waals surface area contributed by atoms with Gasteiger partial charge in [-0.1, -0.05) is 30.3 Å². The van der Waals surface area contributed by atoms with Crippen molar-refractivity contribution < 1.29 is 14.4 Å². The molecule has 2 aliphatic heterocycles. The molecular weight excluding hydrogens is 384 g/mol. The number of hydrogen-bond donors (Lipinski definition) is 2. The predicted molar refractivity (Wildman–Crippen MR) is 114 cm³/mol. The average Bonchev–Trinajstić information content (AvgIpc) is 3.30. The molecule has 2 N–H and O–H groups in total. The third-order valence-electron chi connectivity index (χ3n) is 5.36. The topological polar surface area (TPSA) is 98.0 Å². The Morgan fingerprint density at radius 1 is 1.13 bits per heavy atom. The summed E-state index contributed by atoms with van der Waals surface area (Å²) in [4.78, 5) is 15.2. The Bertz CT molecular complexity index is 894. The van der Waals surface area contributed by atoms with Crippen LogP contribution in [0, 0.1) is 10.1 Å². The van der Waals surface area contributed by atoms with Gasteiger partial charge in [0, 0.05) is 37.3 Å². The van der Waals surface area contributed by atoms with Gasteiger partial charge in [0.15, 0.2) is 5.96 Å². The Labute approximate surface area is 175 Å². The maximum atomic E-state index is 10.8. The lowest BCUT2D eigenvalue weighted by Crippen LogP contribution is -2.43. The Morgan fingerprint density at radius 2 is 1.97 bits per heavy atom. The van der Waals surface area contributed by atoms with Gasteiger partial charge in [0.05, 0.1) is 30.2 Å². The number of nitro benzene ring substituents is 1. The molecule has 0 aliphatic carbocycles. The highest BCUT2D eigenvalue weighted by molar-refractivity contribution is 5.80. The fourth-order valence-corrected chi connectivity index (χ4v) is 3.72. The van der Waals surface area contributed by atoms with Crippen molar-refractivity contribution in [1.82, 2.24) is 10.6 Å². The molecule has 30 heavy (non-hydrogen) atoms. The molecule has 2 aliphatic rings. The summed E-state index contributed by atoms with van der Waals surface area (Å²) in [6, 6.07) is 14.6. The number of para-hydroxylation sites is 1. The van der Waals surface area contributed by atoms with Gasteiger partial charge in [-0.3, -0.25) is 10.1 Å². The molecule has 2 atom stereocenters. The van der Waals surface area contributed by atoms with Crippen LogP contribution in [0.25, 0.3) is 0 Å². The average molecular weight is 410 g/mol. The van der Waals surface area contributed by atoms with Crippen molar-refractivity contribution in [2.24, 2.45) is 4.99 Å². The van der Waals surface area contributed by atoms with Gasteiger partial charge >= 0.3 is 0 Å². The summed E-state index contributed by atoms with van der Waals surface area (Å²) in [7, 11) is 0. The van der Waals surface area contributed by atoms with Gasteiger partial charge < -0.3 is 20.1 Å². The van der Waals surface area contributed by atoms with Crippen LogP contribution < -0.4 is 15.4 Å². The predicted octanol–water partition coefficient (Wildman–Crippen LogP) is 3.33. The number of nitrogens with one attached hydrogen (secondary N) is 2. The zero-order valence-corrected chi connectivity index (χ0v) is 16.8. The maximum absolute atomic E-state index is 10.8. The summed E-state index contributed by atoms with van der Waals surface area (Å²) in [6.45, 7) is 2.57. The van der Waals surface area contributed by atoms with Gasteiger partial charge in [0.1, 0.15) is 5.75 Å². The van der Waals surface area contributed by atoms with E-state index in [1.807, 2.05) is 18.2 Å². The van der Waals surface area contributed by atoms with Crippen LogP contribution in [0.5, 0.6) is 5.75 Å². The SMILES string of the molecule is O=[N+]([O-])c1ccc(CN=C(NCC2CCCO2)NC2CCOc3ccccc32)cc1. The Balaban J connectivity index is 1.47. The first kappa shape index (κ1) is 20.2. The number of ether oxygens (including phenoxy) is 2. The summed E-state index contributed by atoms with van der Waals surface area (Å²) in [5.74, 6) is 1.60. The number of nitro groups is 1. The molecule has 8 heteroatoms. The summed E-state index contributed by atoms with van der Waals surface area (Å²) in [5.41, 5.74) is 2.10. The first-order chi connectivity index (χ1) is 14.7. The molecule has 2 unspecified atom stereocenters. The Hall–Kier alpha value is -3.13. The van der Waals surface area contributed by atoms with E-state index in [1.165, 1.54) is 12.1 Å². The van der Waals surface area contributed by atoms with E-state index < -0.39 is 4.92 Å². The van der Waals surface area contributed by atoms with Crippen molar-refractivity contribution in [3.8, 4) is 5.75 Å². The zero-order chi connectivity index (χ0) is 20.8. The molecule has 2 heterocycles. The summed E-state index contributed by atoms with van der Waals surface area (Å²) in [6.07, 6.45) is 3.17. The van der Waals surface area contributed by atoms with E-state index >= 15 is 0 Å². The second-order valence-corrected chi connectivity index (χ2v) is 7.48. The summed E-state index contributed by atoms with van der Waals surface area (Å²) < 4.78 is 11.5. The molecule has 0 radical (unpaired) electrons. The normalized spacial score (nSPS) is 20.9. The fraction of sp³-hybridized carbons (Fsp3) is 0.409. The number of rotatable bonds is 6. The highest BCUT2D eigenvalue weighted by Gasteiger charge is 2.23. The molecule has 0 amide bonds. The minimum atomic E-state index is -0.397. The van der Waals surface area contributed by atoms with Gasteiger partial charge in [-0.25, -0.2) is 4.99 Å². The van der Waals surface area contributed by atoms with Crippen LogP contribution in [-0.2, 0) is 11.3 Å². The number of benzene rings is 2. The van der Waals surface area contributed by atoms with E-state index in [0.29, 0.717) is 25.7 Å². The Morgan fingerprint density at radius 3 is 2.73 bits per heavy atom. The minimum Gasteiger partial charge on any atom is -0.493 e. The molecule has 8 nitrogen and oxygen atoms in total. The second-order valence-electron chi connectivity index (χ2n) is 7.48. The highest BCUT2D eigenvalue weighted by atomic mass is 16.6. The van der Waals surface area contributed by atoms with Gasteiger partial charge in [-0.05, 0) is 24.5 Å². The van der Waals surface area contributed by atoms with Crippen LogP contribution in [0.1, 0.15) is 36.4 Å². The van der Waals surface area contributed by atoms with Gasteiger partial charge in [0.25, 0.3) is 5.69 Å². The quantitative estimate of drug-likeness (QED) is 0.328. The van der Waals surface area contributed by atoms with E-state index in [0.717, 1.165) is 42.7 Å². The molecule has 1 fully saturated rings. The summed E-state index contributed by atoms with van der Waals surface area (Å²) >= 11 is 0. The van der Waals surface area contributed by atoms with E-state index in [-0.39, 0.29) is 17.8 Å². The molecule has 4 rings (SSSR count). The lowest BCUT2D eigenvalue weighted by molar-refractivity contribution is -0.384. The van der Waals surface area contributed by atoms with Gasteiger partial charge in [0.2, 0.25) is 0 Å². The highest BCUT2D eigenvalue weighted by Crippen LogP contribution is 2.31. The Kier molecular flexibility index (Phi) is 6.44.